The Morgan fingerprint density at radius 1 is 0.197 bits per heavy atom. The summed E-state index contributed by atoms with van der Waals surface area (Å²) in [5, 5.41) is 5.94. The zero-order chi connectivity index (χ0) is 43.8. The van der Waals surface area contributed by atoms with Crippen molar-refractivity contribution in [1.29, 1.82) is 0 Å². The van der Waals surface area contributed by atoms with E-state index in [0.717, 1.165) is 88.7 Å². The highest BCUT2D eigenvalue weighted by Crippen LogP contribution is 2.38. The van der Waals surface area contributed by atoms with Gasteiger partial charge in [-0.3, -0.25) is 0 Å². The minimum atomic E-state index is 0.614. The average molecular weight is 841 g/mol. The quantitative estimate of drug-likeness (QED) is 0.113. The maximum atomic E-state index is 5.29. The van der Waals surface area contributed by atoms with Crippen molar-refractivity contribution in [3.8, 4) is 89.9 Å². The van der Waals surface area contributed by atoms with Crippen molar-refractivity contribution in [2.75, 3.05) is 0 Å². The van der Waals surface area contributed by atoms with E-state index in [1.54, 1.807) is 0 Å². The summed E-state index contributed by atoms with van der Waals surface area (Å²) in [6.07, 6.45) is 0. The Balaban J connectivity index is 0.914. The largest absolute Gasteiger partial charge is 0.247 e. The highest BCUT2D eigenvalue weighted by Gasteiger charge is 2.16. The third kappa shape index (κ3) is 7.47. The van der Waals surface area contributed by atoms with E-state index in [0.29, 0.717) is 17.5 Å². The molecule has 0 spiro atoms. The number of aromatic nitrogens is 4. The Kier molecular flexibility index (Phi) is 9.81. The first-order chi connectivity index (χ1) is 32.7. The summed E-state index contributed by atoms with van der Waals surface area (Å²) in [6.45, 7) is 0. The zero-order valence-corrected chi connectivity index (χ0v) is 35.9. The van der Waals surface area contributed by atoms with E-state index in [1.165, 1.54) is 16.2 Å². The number of rotatable bonds is 8. The number of para-hydroxylation sites is 1. The summed E-state index contributed by atoms with van der Waals surface area (Å²) >= 11 is 0. The molecule has 0 atom stereocenters. The molecule has 2 heterocycles. The molecule has 66 heavy (non-hydrogen) atoms. The topological polar surface area (TPSA) is 51.6 Å². The molecule has 2 aromatic heterocycles. The van der Waals surface area contributed by atoms with Crippen LogP contribution in [0.4, 0.5) is 0 Å². The number of benzene rings is 10. The Hall–Kier alpha value is -8.86. The van der Waals surface area contributed by atoms with Crippen molar-refractivity contribution in [2.45, 2.75) is 0 Å². The Morgan fingerprint density at radius 2 is 0.561 bits per heavy atom. The fourth-order valence-electron chi connectivity index (χ4n) is 9.07. The first-order valence-corrected chi connectivity index (χ1v) is 22.3. The van der Waals surface area contributed by atoms with E-state index in [4.69, 9.17) is 19.9 Å². The zero-order valence-electron chi connectivity index (χ0n) is 35.9. The van der Waals surface area contributed by atoms with Crippen molar-refractivity contribution in [3.63, 3.8) is 0 Å². The van der Waals surface area contributed by atoms with E-state index in [-0.39, 0.29) is 0 Å². The molecule has 0 N–H and O–H groups in total. The Morgan fingerprint density at radius 3 is 1.11 bits per heavy atom. The molecule has 4 nitrogen and oxygen atoms in total. The molecule has 308 valence electrons. The van der Waals surface area contributed by atoms with Crippen LogP contribution in [0.3, 0.4) is 0 Å². The van der Waals surface area contributed by atoms with Gasteiger partial charge in [0.05, 0.1) is 11.2 Å². The van der Waals surface area contributed by atoms with Crippen molar-refractivity contribution >= 4 is 32.4 Å². The predicted octanol–water partition coefficient (Wildman–Crippen LogP) is 16.1. The molecular formula is C62H40N4. The van der Waals surface area contributed by atoms with Crippen LogP contribution in [-0.4, -0.2) is 19.9 Å². The molecule has 0 aliphatic heterocycles. The molecule has 0 radical (unpaired) electrons. The van der Waals surface area contributed by atoms with Crippen LogP contribution in [0, 0.1) is 0 Å². The first kappa shape index (κ1) is 38.8. The number of hydrogen-bond donors (Lipinski definition) is 0. The fraction of sp³-hybridized carbons (Fsp3) is 0. The van der Waals surface area contributed by atoms with Crippen LogP contribution in [-0.2, 0) is 0 Å². The second kappa shape index (κ2) is 16.7. The van der Waals surface area contributed by atoms with Gasteiger partial charge in [-0.1, -0.05) is 206 Å². The molecule has 0 unspecified atom stereocenters. The lowest BCUT2D eigenvalue weighted by molar-refractivity contribution is 1.07. The van der Waals surface area contributed by atoms with Gasteiger partial charge in [0.1, 0.15) is 0 Å². The van der Waals surface area contributed by atoms with Gasteiger partial charge in [0.25, 0.3) is 0 Å². The summed E-state index contributed by atoms with van der Waals surface area (Å²) in [7, 11) is 0. The van der Waals surface area contributed by atoms with Gasteiger partial charge in [-0.05, 0) is 97.1 Å². The number of hydrogen-bond acceptors (Lipinski definition) is 4. The highest BCUT2D eigenvalue weighted by molar-refractivity contribution is 6.15. The summed E-state index contributed by atoms with van der Waals surface area (Å²) in [5.74, 6) is 1.86. The van der Waals surface area contributed by atoms with Crippen LogP contribution in [0.5, 0.6) is 0 Å². The SMILES string of the molecule is c1ccc(-c2ccc(-c3nc(-c4ccc(-c5ccccc5)cc4)nc(-c4cccc(-c5cccc(-c6cccc(-c7nc8ccccc8c8cc9ccccc9cc78)c6)c5)c4)n3)cc2)cc1. The van der Waals surface area contributed by atoms with E-state index in [1.807, 2.05) is 12.1 Å². The predicted molar refractivity (Wildman–Crippen MR) is 274 cm³/mol. The van der Waals surface area contributed by atoms with E-state index < -0.39 is 0 Å². The minimum absolute atomic E-state index is 0.614. The van der Waals surface area contributed by atoms with Crippen molar-refractivity contribution < 1.29 is 0 Å². The van der Waals surface area contributed by atoms with Crippen LogP contribution in [0.15, 0.2) is 243 Å². The summed E-state index contributed by atoms with van der Waals surface area (Å²) < 4.78 is 0. The molecule has 0 aliphatic carbocycles. The lowest BCUT2D eigenvalue weighted by Crippen LogP contribution is -2.00. The van der Waals surface area contributed by atoms with Gasteiger partial charge < -0.3 is 0 Å². The second-order valence-electron chi connectivity index (χ2n) is 16.7. The third-order valence-electron chi connectivity index (χ3n) is 12.5. The molecule has 12 aromatic rings. The standard InChI is InChI=1S/C62H40N4/c1-3-14-41(15-4-1)43-28-32-45(33-29-43)60-64-61(46-34-30-44(31-35-46)42-16-5-2-6-17-42)66-62(65-60)54-25-13-23-50(38-54)48-21-11-20-47(36-48)49-22-12-24-53(37-49)59-57-40-52-19-8-7-18-51(52)39-56(57)55-26-9-10-27-58(55)63-59/h1-40H. The Labute approximate surface area is 383 Å². The highest BCUT2D eigenvalue weighted by atomic mass is 15.0. The van der Waals surface area contributed by atoms with Gasteiger partial charge in [-0.25, -0.2) is 19.9 Å². The molecule has 0 saturated heterocycles. The lowest BCUT2D eigenvalue weighted by Gasteiger charge is -2.13. The molecule has 4 heteroatoms. The molecule has 10 aromatic carbocycles. The number of nitrogens with zero attached hydrogens (tertiary/aromatic N) is 4. The maximum absolute atomic E-state index is 5.29. The van der Waals surface area contributed by atoms with Crippen LogP contribution >= 0.6 is 0 Å². The van der Waals surface area contributed by atoms with E-state index in [2.05, 4.69) is 231 Å². The van der Waals surface area contributed by atoms with Crippen molar-refractivity contribution in [2.24, 2.45) is 0 Å². The van der Waals surface area contributed by atoms with Crippen LogP contribution in [0.2, 0.25) is 0 Å². The number of pyridine rings is 1. The average Bonchev–Trinajstić information content (AvgIpc) is 3.40. The monoisotopic (exact) mass is 840 g/mol. The van der Waals surface area contributed by atoms with E-state index in [9.17, 15) is 0 Å². The van der Waals surface area contributed by atoms with Crippen molar-refractivity contribution in [1.82, 2.24) is 19.9 Å². The second-order valence-corrected chi connectivity index (χ2v) is 16.7. The summed E-state index contributed by atoms with van der Waals surface area (Å²) in [4.78, 5) is 20.6. The lowest BCUT2D eigenvalue weighted by atomic mass is 9.94. The van der Waals surface area contributed by atoms with Crippen LogP contribution < -0.4 is 0 Å². The van der Waals surface area contributed by atoms with E-state index >= 15 is 0 Å². The summed E-state index contributed by atoms with van der Waals surface area (Å²) in [5.41, 5.74) is 14.8. The fourth-order valence-corrected chi connectivity index (χ4v) is 9.07. The smallest absolute Gasteiger partial charge is 0.164 e. The first-order valence-electron chi connectivity index (χ1n) is 22.3. The normalized spacial score (nSPS) is 11.3. The number of fused-ring (bicyclic) bond motifs is 4. The summed E-state index contributed by atoms with van der Waals surface area (Å²) in [6, 6.07) is 85.4. The molecular weight excluding hydrogens is 801 g/mol. The van der Waals surface area contributed by atoms with Gasteiger partial charge in [0, 0.05) is 33.0 Å². The van der Waals surface area contributed by atoms with Crippen LogP contribution in [0.25, 0.3) is 122 Å². The molecule has 0 bridgehead atoms. The van der Waals surface area contributed by atoms with Gasteiger partial charge in [0.15, 0.2) is 17.5 Å². The Bertz CT molecular complexity index is 3630. The van der Waals surface area contributed by atoms with Gasteiger partial charge in [0.2, 0.25) is 0 Å². The van der Waals surface area contributed by atoms with Crippen molar-refractivity contribution in [3.05, 3.63) is 243 Å². The molecule has 0 amide bonds. The van der Waals surface area contributed by atoms with Gasteiger partial charge >= 0.3 is 0 Å². The molecule has 0 saturated carbocycles. The minimum Gasteiger partial charge on any atom is -0.247 e. The molecule has 0 aliphatic rings. The van der Waals surface area contributed by atoms with Gasteiger partial charge in [-0.15, -0.1) is 0 Å². The van der Waals surface area contributed by atoms with Crippen LogP contribution in [0.1, 0.15) is 0 Å². The molecule has 12 rings (SSSR count). The third-order valence-corrected chi connectivity index (χ3v) is 12.5. The van der Waals surface area contributed by atoms with Gasteiger partial charge in [-0.2, -0.15) is 0 Å². The maximum Gasteiger partial charge on any atom is 0.164 e. The molecule has 0 fully saturated rings.